The predicted molar refractivity (Wildman–Crippen MR) is 59.7 cm³/mol. The molecule has 0 amide bonds. The van der Waals surface area contributed by atoms with Gasteiger partial charge in [-0.2, -0.15) is 4.98 Å². The molecule has 6 nitrogen and oxygen atoms in total. The molecule has 0 bridgehead atoms. The Morgan fingerprint density at radius 1 is 1.31 bits per heavy atom. The smallest absolute Gasteiger partial charge is 0.245 e. The molecule has 84 valence electrons. The van der Waals surface area contributed by atoms with Crippen molar-refractivity contribution in [1.82, 2.24) is 15.1 Å². The molecule has 0 aliphatic carbocycles. The van der Waals surface area contributed by atoms with E-state index in [0.29, 0.717) is 23.9 Å². The van der Waals surface area contributed by atoms with E-state index in [0.717, 1.165) is 11.5 Å². The van der Waals surface area contributed by atoms with Crippen LogP contribution in [0.5, 0.6) is 0 Å². The highest BCUT2D eigenvalue weighted by Crippen LogP contribution is 2.12. The van der Waals surface area contributed by atoms with E-state index in [1.165, 1.54) is 0 Å². The lowest BCUT2D eigenvalue weighted by Gasteiger charge is -2.04. The zero-order valence-corrected chi connectivity index (χ0v) is 9.19. The molecule has 16 heavy (non-hydrogen) atoms. The van der Waals surface area contributed by atoms with Crippen LogP contribution in [0.15, 0.2) is 16.7 Å². The molecule has 0 saturated heterocycles. The Morgan fingerprint density at radius 2 is 2.12 bits per heavy atom. The molecule has 6 heteroatoms. The fraction of sp³-hybridized carbons (Fsp3) is 0.300. The van der Waals surface area contributed by atoms with Crippen molar-refractivity contribution in [3.05, 3.63) is 29.5 Å². The van der Waals surface area contributed by atoms with Gasteiger partial charge in [0, 0.05) is 0 Å². The number of nitrogens with one attached hydrogen (secondary N) is 1. The van der Waals surface area contributed by atoms with Crippen LogP contribution in [-0.2, 0) is 6.54 Å². The summed E-state index contributed by atoms with van der Waals surface area (Å²) in [4.78, 5) is 8.34. The maximum atomic E-state index is 5.67. The molecule has 2 aromatic heterocycles. The first kappa shape index (κ1) is 10.4. The first-order chi connectivity index (χ1) is 7.65. The minimum atomic E-state index is 0.456. The van der Waals surface area contributed by atoms with E-state index in [1.807, 2.05) is 19.1 Å². The lowest BCUT2D eigenvalue weighted by molar-refractivity contribution is 0.379. The summed E-state index contributed by atoms with van der Waals surface area (Å²) in [6.45, 7) is 4.09. The standard InChI is InChI=1S/C10H13N5O/c1-6-8(11)3-4-9(13-6)12-5-10-14-7(2)15-16-10/h3-4H,5,11H2,1-2H3,(H,12,13). The number of nitrogens with zero attached hydrogens (tertiary/aromatic N) is 3. The third kappa shape index (κ3) is 2.28. The van der Waals surface area contributed by atoms with Crippen LogP contribution >= 0.6 is 0 Å². The van der Waals surface area contributed by atoms with Crippen molar-refractivity contribution < 1.29 is 4.52 Å². The average molecular weight is 219 g/mol. The Labute approximate surface area is 92.9 Å². The van der Waals surface area contributed by atoms with Gasteiger partial charge in [-0.1, -0.05) is 5.16 Å². The fourth-order valence-corrected chi connectivity index (χ4v) is 1.25. The summed E-state index contributed by atoms with van der Waals surface area (Å²) in [6.07, 6.45) is 0. The second-order valence-electron chi connectivity index (χ2n) is 3.46. The number of pyridine rings is 1. The Balaban J connectivity index is 2.02. The van der Waals surface area contributed by atoms with E-state index in [4.69, 9.17) is 10.3 Å². The molecule has 0 spiro atoms. The summed E-state index contributed by atoms with van der Waals surface area (Å²) in [5, 5.41) is 6.77. The summed E-state index contributed by atoms with van der Waals surface area (Å²) < 4.78 is 4.96. The molecule has 0 saturated carbocycles. The number of anilines is 2. The molecule has 0 atom stereocenters. The van der Waals surface area contributed by atoms with Crippen LogP contribution in [0, 0.1) is 13.8 Å². The van der Waals surface area contributed by atoms with Crippen LogP contribution in [0.4, 0.5) is 11.5 Å². The van der Waals surface area contributed by atoms with Crippen LogP contribution in [0.3, 0.4) is 0 Å². The lowest BCUT2D eigenvalue weighted by atomic mass is 10.3. The van der Waals surface area contributed by atoms with E-state index >= 15 is 0 Å². The average Bonchev–Trinajstić information content (AvgIpc) is 2.66. The topological polar surface area (TPSA) is 89.9 Å². The molecule has 2 heterocycles. The molecular weight excluding hydrogens is 206 g/mol. The van der Waals surface area contributed by atoms with Gasteiger partial charge in [0.1, 0.15) is 5.82 Å². The van der Waals surface area contributed by atoms with Gasteiger partial charge < -0.3 is 15.6 Å². The largest absolute Gasteiger partial charge is 0.397 e. The van der Waals surface area contributed by atoms with Crippen LogP contribution in [0.1, 0.15) is 17.4 Å². The van der Waals surface area contributed by atoms with Gasteiger partial charge in [0.15, 0.2) is 5.82 Å². The minimum absolute atomic E-state index is 0.456. The van der Waals surface area contributed by atoms with Gasteiger partial charge in [0.2, 0.25) is 5.89 Å². The van der Waals surface area contributed by atoms with Crippen LogP contribution < -0.4 is 11.1 Å². The molecule has 2 rings (SSSR count). The molecule has 0 fully saturated rings. The normalized spacial score (nSPS) is 10.4. The Bertz CT molecular complexity index is 494. The number of rotatable bonds is 3. The lowest BCUT2D eigenvalue weighted by Crippen LogP contribution is -2.03. The van der Waals surface area contributed by atoms with Crippen molar-refractivity contribution in [1.29, 1.82) is 0 Å². The molecular formula is C10H13N5O. The minimum Gasteiger partial charge on any atom is -0.397 e. The van der Waals surface area contributed by atoms with Crippen molar-refractivity contribution in [3.63, 3.8) is 0 Å². The van der Waals surface area contributed by atoms with E-state index in [1.54, 1.807) is 6.92 Å². The van der Waals surface area contributed by atoms with Gasteiger partial charge in [-0.25, -0.2) is 4.98 Å². The first-order valence-corrected chi connectivity index (χ1v) is 4.91. The highest BCUT2D eigenvalue weighted by molar-refractivity contribution is 5.48. The van der Waals surface area contributed by atoms with Crippen LogP contribution in [-0.4, -0.2) is 15.1 Å². The number of nitrogen functional groups attached to an aromatic ring is 1. The number of hydrogen-bond donors (Lipinski definition) is 2. The Hall–Kier alpha value is -2.11. The number of aromatic nitrogens is 3. The molecule has 0 radical (unpaired) electrons. The summed E-state index contributed by atoms with van der Waals surface area (Å²) in [5.41, 5.74) is 7.15. The Morgan fingerprint density at radius 3 is 2.75 bits per heavy atom. The molecule has 0 unspecified atom stereocenters. The SMILES string of the molecule is Cc1noc(CNc2ccc(N)c(C)n2)n1. The van der Waals surface area contributed by atoms with Gasteiger partial charge in [0.05, 0.1) is 17.9 Å². The highest BCUT2D eigenvalue weighted by atomic mass is 16.5. The predicted octanol–water partition coefficient (Wildman–Crippen LogP) is 1.28. The van der Waals surface area contributed by atoms with E-state index in [2.05, 4.69) is 20.4 Å². The molecule has 3 N–H and O–H groups in total. The number of aryl methyl sites for hydroxylation is 2. The highest BCUT2D eigenvalue weighted by Gasteiger charge is 2.03. The summed E-state index contributed by atoms with van der Waals surface area (Å²) in [5.74, 6) is 1.90. The van der Waals surface area contributed by atoms with Crippen molar-refractivity contribution in [2.45, 2.75) is 20.4 Å². The molecule has 0 aromatic carbocycles. The zero-order chi connectivity index (χ0) is 11.5. The molecule has 2 aromatic rings. The quantitative estimate of drug-likeness (QED) is 0.808. The Kier molecular flexibility index (Phi) is 2.72. The number of nitrogens with two attached hydrogens (primary N) is 1. The van der Waals surface area contributed by atoms with Crippen molar-refractivity contribution >= 4 is 11.5 Å². The third-order valence-corrected chi connectivity index (χ3v) is 2.12. The maximum absolute atomic E-state index is 5.67. The van der Waals surface area contributed by atoms with Crippen molar-refractivity contribution in [2.75, 3.05) is 11.1 Å². The van der Waals surface area contributed by atoms with Crippen LogP contribution in [0.25, 0.3) is 0 Å². The fourth-order valence-electron chi connectivity index (χ4n) is 1.25. The van der Waals surface area contributed by atoms with Crippen LogP contribution in [0.2, 0.25) is 0 Å². The van der Waals surface area contributed by atoms with Gasteiger partial charge >= 0.3 is 0 Å². The second kappa shape index (κ2) is 4.18. The van der Waals surface area contributed by atoms with Crippen molar-refractivity contribution in [2.24, 2.45) is 0 Å². The second-order valence-corrected chi connectivity index (χ2v) is 3.46. The molecule has 0 aliphatic rings. The summed E-state index contributed by atoms with van der Waals surface area (Å²) in [7, 11) is 0. The van der Waals surface area contributed by atoms with Gasteiger partial charge in [-0.15, -0.1) is 0 Å². The summed E-state index contributed by atoms with van der Waals surface area (Å²) in [6, 6.07) is 3.62. The van der Waals surface area contributed by atoms with E-state index in [9.17, 15) is 0 Å². The van der Waals surface area contributed by atoms with Gasteiger partial charge in [-0.3, -0.25) is 0 Å². The maximum Gasteiger partial charge on any atom is 0.245 e. The van der Waals surface area contributed by atoms with Gasteiger partial charge in [-0.05, 0) is 26.0 Å². The summed E-state index contributed by atoms with van der Waals surface area (Å²) >= 11 is 0. The van der Waals surface area contributed by atoms with E-state index < -0.39 is 0 Å². The third-order valence-electron chi connectivity index (χ3n) is 2.12. The van der Waals surface area contributed by atoms with Crippen molar-refractivity contribution in [3.8, 4) is 0 Å². The van der Waals surface area contributed by atoms with E-state index in [-0.39, 0.29) is 0 Å². The number of hydrogen-bond acceptors (Lipinski definition) is 6. The molecule has 0 aliphatic heterocycles. The first-order valence-electron chi connectivity index (χ1n) is 4.91. The monoisotopic (exact) mass is 219 g/mol. The van der Waals surface area contributed by atoms with Gasteiger partial charge in [0.25, 0.3) is 0 Å². The zero-order valence-electron chi connectivity index (χ0n) is 9.19.